The molecule has 62 valence electrons. The van der Waals surface area contributed by atoms with Gasteiger partial charge in [-0.2, -0.15) is 0 Å². The van der Waals surface area contributed by atoms with E-state index in [9.17, 15) is 9.18 Å². The van der Waals surface area contributed by atoms with Gasteiger partial charge in [-0.15, -0.1) is 6.58 Å². The molecule has 0 amide bonds. The highest BCUT2D eigenvalue weighted by Crippen LogP contribution is 2.34. The van der Waals surface area contributed by atoms with Crippen molar-refractivity contribution < 1.29 is 9.18 Å². The van der Waals surface area contributed by atoms with Gasteiger partial charge in [-0.05, 0) is 19.8 Å². The van der Waals surface area contributed by atoms with E-state index in [2.05, 4.69) is 6.58 Å². The van der Waals surface area contributed by atoms with Crippen LogP contribution in [-0.2, 0) is 4.79 Å². The molecular formula is C9H13FO. The minimum atomic E-state index is -1.56. The lowest BCUT2D eigenvalue weighted by molar-refractivity contribution is -0.127. The zero-order chi connectivity index (χ0) is 8.48. The highest BCUT2D eigenvalue weighted by atomic mass is 19.1. The topological polar surface area (TPSA) is 17.1 Å². The summed E-state index contributed by atoms with van der Waals surface area (Å²) in [6, 6.07) is 0. The van der Waals surface area contributed by atoms with Crippen molar-refractivity contribution in [3.8, 4) is 0 Å². The van der Waals surface area contributed by atoms with Crippen LogP contribution in [0.5, 0.6) is 0 Å². The Hall–Kier alpha value is -0.660. The summed E-state index contributed by atoms with van der Waals surface area (Å²) in [5.41, 5.74) is -0.811. The van der Waals surface area contributed by atoms with Crippen LogP contribution in [0.3, 0.4) is 0 Å². The van der Waals surface area contributed by atoms with E-state index in [0.29, 0.717) is 19.3 Å². The van der Waals surface area contributed by atoms with Gasteiger partial charge < -0.3 is 0 Å². The fourth-order valence-electron chi connectivity index (χ4n) is 1.56. The van der Waals surface area contributed by atoms with Gasteiger partial charge in [0.25, 0.3) is 0 Å². The third-order valence-electron chi connectivity index (χ3n) is 2.06. The van der Waals surface area contributed by atoms with Crippen LogP contribution in [-0.4, -0.2) is 11.5 Å². The summed E-state index contributed by atoms with van der Waals surface area (Å²) in [6.07, 6.45) is 1.71. The fraction of sp³-hybridized carbons (Fsp3) is 0.667. The number of rotatable bonds is 2. The van der Waals surface area contributed by atoms with Gasteiger partial charge in [-0.25, -0.2) is 4.39 Å². The Morgan fingerprint density at radius 2 is 2.45 bits per heavy atom. The Kier molecular flexibility index (Phi) is 2.12. The smallest absolute Gasteiger partial charge is 0.172 e. The maximum atomic E-state index is 13.5. The van der Waals surface area contributed by atoms with E-state index < -0.39 is 5.67 Å². The number of allylic oxidation sites excluding steroid dienone is 1. The predicted octanol–water partition coefficient (Wildman–Crippen LogP) is 2.41. The number of hydrogen-bond donors (Lipinski definition) is 0. The maximum absolute atomic E-state index is 13.5. The third kappa shape index (κ3) is 1.67. The molecule has 0 bridgehead atoms. The summed E-state index contributed by atoms with van der Waals surface area (Å²) < 4.78 is 13.5. The number of carbonyl (C=O) groups is 1. The Morgan fingerprint density at radius 1 is 1.82 bits per heavy atom. The minimum absolute atomic E-state index is 0.214. The van der Waals surface area contributed by atoms with Crippen LogP contribution in [0.2, 0.25) is 0 Å². The first-order chi connectivity index (χ1) is 5.04. The van der Waals surface area contributed by atoms with Gasteiger partial charge in [-0.3, -0.25) is 4.79 Å². The molecule has 0 aromatic heterocycles. The highest BCUT2D eigenvalue weighted by molar-refractivity contribution is 5.89. The highest BCUT2D eigenvalue weighted by Gasteiger charge is 2.41. The van der Waals surface area contributed by atoms with E-state index >= 15 is 0 Å². The fourth-order valence-corrected chi connectivity index (χ4v) is 1.56. The van der Waals surface area contributed by atoms with Crippen LogP contribution in [0.15, 0.2) is 12.2 Å². The van der Waals surface area contributed by atoms with Gasteiger partial charge in [0, 0.05) is 12.8 Å². The van der Waals surface area contributed by atoms with Gasteiger partial charge >= 0.3 is 0 Å². The molecule has 0 spiro atoms. The van der Waals surface area contributed by atoms with Crippen LogP contribution < -0.4 is 0 Å². The first kappa shape index (κ1) is 8.44. The molecule has 1 atom stereocenters. The van der Waals surface area contributed by atoms with Crippen LogP contribution in [0.4, 0.5) is 4.39 Å². The lowest BCUT2D eigenvalue weighted by Gasteiger charge is -2.16. The molecule has 1 aliphatic rings. The lowest BCUT2D eigenvalue weighted by atomic mass is 9.95. The number of hydrogen-bond acceptors (Lipinski definition) is 1. The number of halogens is 1. The van der Waals surface area contributed by atoms with E-state index in [1.54, 1.807) is 6.92 Å². The third-order valence-corrected chi connectivity index (χ3v) is 2.06. The Bertz CT molecular complexity index is 198. The molecule has 11 heavy (non-hydrogen) atoms. The summed E-state index contributed by atoms with van der Waals surface area (Å²) in [5, 5.41) is 0. The SMILES string of the molecule is C=C(C)C[C@@]1(F)CCCC1=O. The minimum Gasteiger partial charge on any atom is -0.296 e. The van der Waals surface area contributed by atoms with E-state index in [0.717, 1.165) is 5.57 Å². The molecule has 1 aliphatic carbocycles. The number of ketones is 1. The standard InChI is InChI=1S/C9H13FO/c1-7(2)6-9(10)5-3-4-8(9)11/h1,3-6H2,2H3/t9-/m0/s1. The molecule has 0 aliphatic heterocycles. The molecule has 0 radical (unpaired) electrons. The van der Waals surface area contributed by atoms with Crippen LogP contribution >= 0.6 is 0 Å². The van der Waals surface area contributed by atoms with Crippen LogP contribution in [0, 0.1) is 0 Å². The molecule has 0 unspecified atom stereocenters. The maximum Gasteiger partial charge on any atom is 0.172 e. The molecular weight excluding hydrogens is 143 g/mol. The van der Waals surface area contributed by atoms with Crippen LogP contribution in [0.25, 0.3) is 0 Å². The zero-order valence-corrected chi connectivity index (χ0v) is 6.82. The van der Waals surface area contributed by atoms with Gasteiger partial charge in [0.2, 0.25) is 0 Å². The summed E-state index contributed by atoms with van der Waals surface area (Å²) in [5.74, 6) is -0.236. The quantitative estimate of drug-likeness (QED) is 0.561. The van der Waals surface area contributed by atoms with E-state index in [-0.39, 0.29) is 12.2 Å². The molecule has 1 nitrogen and oxygen atoms in total. The molecule has 0 aromatic carbocycles. The van der Waals surface area contributed by atoms with Crippen molar-refractivity contribution in [3.63, 3.8) is 0 Å². The summed E-state index contributed by atoms with van der Waals surface area (Å²) >= 11 is 0. The average molecular weight is 156 g/mol. The number of Topliss-reactive ketones (excluding diaryl/α,β-unsaturated/α-hetero) is 1. The molecule has 0 saturated heterocycles. The predicted molar refractivity (Wildman–Crippen MR) is 42.1 cm³/mol. The second-order valence-electron chi connectivity index (χ2n) is 3.38. The normalized spacial score (nSPS) is 30.9. The van der Waals surface area contributed by atoms with E-state index in [4.69, 9.17) is 0 Å². The Balaban J connectivity index is 2.65. The van der Waals surface area contributed by atoms with Crippen molar-refractivity contribution in [2.24, 2.45) is 0 Å². The molecule has 0 heterocycles. The van der Waals surface area contributed by atoms with Crippen LogP contribution in [0.1, 0.15) is 32.6 Å². The summed E-state index contributed by atoms with van der Waals surface area (Å²) in [7, 11) is 0. The molecule has 1 fully saturated rings. The number of carbonyl (C=O) groups excluding carboxylic acids is 1. The van der Waals surface area contributed by atoms with Gasteiger partial charge in [0.05, 0.1) is 0 Å². The second-order valence-corrected chi connectivity index (χ2v) is 3.38. The number of alkyl halides is 1. The van der Waals surface area contributed by atoms with Crippen molar-refractivity contribution in [1.29, 1.82) is 0 Å². The monoisotopic (exact) mass is 156 g/mol. The van der Waals surface area contributed by atoms with Crippen molar-refractivity contribution in [1.82, 2.24) is 0 Å². The van der Waals surface area contributed by atoms with Gasteiger partial charge in [0.15, 0.2) is 11.5 Å². The van der Waals surface area contributed by atoms with Crippen molar-refractivity contribution in [2.75, 3.05) is 0 Å². The van der Waals surface area contributed by atoms with Gasteiger partial charge in [0.1, 0.15) is 0 Å². The van der Waals surface area contributed by atoms with Crippen molar-refractivity contribution in [2.45, 2.75) is 38.3 Å². The first-order valence-electron chi connectivity index (χ1n) is 3.91. The first-order valence-corrected chi connectivity index (χ1v) is 3.91. The lowest BCUT2D eigenvalue weighted by Crippen LogP contribution is -2.27. The molecule has 0 N–H and O–H groups in total. The second kappa shape index (κ2) is 2.76. The Morgan fingerprint density at radius 3 is 2.82 bits per heavy atom. The molecule has 1 rings (SSSR count). The van der Waals surface area contributed by atoms with Gasteiger partial charge in [-0.1, -0.05) is 5.57 Å². The van der Waals surface area contributed by atoms with Crippen molar-refractivity contribution >= 4 is 5.78 Å². The molecule has 1 saturated carbocycles. The zero-order valence-electron chi connectivity index (χ0n) is 6.82. The molecule has 0 aromatic rings. The van der Waals surface area contributed by atoms with Crippen molar-refractivity contribution in [3.05, 3.63) is 12.2 Å². The molecule has 2 heteroatoms. The summed E-state index contributed by atoms with van der Waals surface area (Å²) in [6.45, 7) is 5.36. The van der Waals surface area contributed by atoms with E-state index in [1.807, 2.05) is 0 Å². The Labute approximate surface area is 66.3 Å². The summed E-state index contributed by atoms with van der Waals surface area (Å²) in [4.78, 5) is 11.0. The van der Waals surface area contributed by atoms with E-state index in [1.165, 1.54) is 0 Å². The largest absolute Gasteiger partial charge is 0.296 e. The average Bonchev–Trinajstić information content (AvgIpc) is 2.11.